The van der Waals surface area contributed by atoms with E-state index in [4.69, 9.17) is 19.9 Å². The van der Waals surface area contributed by atoms with Gasteiger partial charge in [0.2, 0.25) is 0 Å². The normalized spacial score (nSPS) is 11.3. The fourth-order valence-corrected chi connectivity index (χ4v) is 6.55. The van der Waals surface area contributed by atoms with Gasteiger partial charge in [0, 0.05) is 34.0 Å². The van der Waals surface area contributed by atoms with E-state index in [1.54, 1.807) is 0 Å². The van der Waals surface area contributed by atoms with E-state index in [0.717, 1.165) is 84.2 Å². The molecule has 0 saturated carbocycles. The Morgan fingerprint density at radius 1 is 0.347 bits per heavy atom. The molecule has 0 atom stereocenters. The van der Waals surface area contributed by atoms with E-state index in [1.807, 2.05) is 79.0 Å². The van der Waals surface area contributed by atoms with Crippen LogP contribution in [0.25, 0.3) is 84.2 Å². The maximum Gasteiger partial charge on any atom is 0.138 e. The third kappa shape index (κ3) is 5.14. The number of imidazole rings is 1. The first-order chi connectivity index (χ1) is 24.3. The maximum absolute atomic E-state index is 5.42. The second kappa shape index (κ2) is 12.1. The summed E-state index contributed by atoms with van der Waals surface area (Å²) in [6, 6.07) is 58.1. The number of rotatable bonds is 6. The molecule has 4 heterocycles. The lowest BCUT2D eigenvalue weighted by molar-refractivity contribution is 1.21. The van der Waals surface area contributed by atoms with Gasteiger partial charge >= 0.3 is 0 Å². The number of nitrogens with zero attached hydrogens (tertiary/aromatic N) is 5. The van der Waals surface area contributed by atoms with Gasteiger partial charge in [-0.15, -0.1) is 0 Å². The second-order valence-corrected chi connectivity index (χ2v) is 11.9. The van der Waals surface area contributed by atoms with E-state index in [1.165, 1.54) is 0 Å². The van der Waals surface area contributed by atoms with Crippen LogP contribution >= 0.6 is 0 Å². The molecule has 49 heavy (non-hydrogen) atoms. The summed E-state index contributed by atoms with van der Waals surface area (Å²) in [6.45, 7) is 0. The van der Waals surface area contributed by atoms with Crippen molar-refractivity contribution in [3.8, 4) is 67.7 Å². The molecule has 0 spiro atoms. The zero-order valence-corrected chi connectivity index (χ0v) is 26.5. The molecule has 0 radical (unpaired) electrons. The van der Waals surface area contributed by atoms with Crippen LogP contribution < -0.4 is 0 Å². The van der Waals surface area contributed by atoms with Crippen LogP contribution in [-0.4, -0.2) is 24.3 Å². The van der Waals surface area contributed by atoms with E-state index in [2.05, 4.69) is 101 Å². The van der Waals surface area contributed by atoms with Crippen LogP contribution in [0.1, 0.15) is 0 Å². The lowest BCUT2D eigenvalue weighted by Crippen LogP contribution is -2.01. The summed E-state index contributed by atoms with van der Waals surface area (Å²) in [4.78, 5) is 20.6. The van der Waals surface area contributed by atoms with Crippen molar-refractivity contribution in [1.82, 2.24) is 24.3 Å². The highest BCUT2D eigenvalue weighted by Gasteiger charge is 2.21. The molecular formula is C44H29N5. The van der Waals surface area contributed by atoms with Gasteiger partial charge in [-0.2, -0.15) is 0 Å². The van der Waals surface area contributed by atoms with Gasteiger partial charge in [-0.25, -0.2) is 15.0 Å². The number of aromatic nitrogens is 5. The zero-order valence-electron chi connectivity index (χ0n) is 26.5. The summed E-state index contributed by atoms with van der Waals surface area (Å²) in [5.74, 6) is 0. The molecule has 9 rings (SSSR count). The summed E-state index contributed by atoms with van der Waals surface area (Å²) in [7, 11) is 0. The molecule has 0 N–H and O–H groups in total. The number of hydrogen-bond donors (Lipinski definition) is 0. The first kappa shape index (κ1) is 28.5. The first-order valence-electron chi connectivity index (χ1n) is 16.3. The van der Waals surface area contributed by atoms with E-state index in [0.29, 0.717) is 0 Å². The SMILES string of the molecule is c1ccc(-c2nc(-c3ccccc3)c(-c3ccc(-c4c(-c5ccccn5)nc5ccc6ccccc6n45)cc3)nc2-c2ccccc2)cc1. The van der Waals surface area contributed by atoms with Crippen molar-refractivity contribution in [2.45, 2.75) is 0 Å². The number of pyridine rings is 2. The Morgan fingerprint density at radius 3 is 1.39 bits per heavy atom. The molecule has 5 nitrogen and oxygen atoms in total. The van der Waals surface area contributed by atoms with Crippen LogP contribution in [0.5, 0.6) is 0 Å². The van der Waals surface area contributed by atoms with Crippen LogP contribution in [0.4, 0.5) is 0 Å². The Labute approximate surface area is 283 Å². The summed E-state index contributed by atoms with van der Waals surface area (Å²) in [5, 5.41) is 1.15. The molecule has 0 aliphatic carbocycles. The van der Waals surface area contributed by atoms with Crippen molar-refractivity contribution in [1.29, 1.82) is 0 Å². The average Bonchev–Trinajstić information content (AvgIpc) is 3.59. The molecule has 5 aromatic carbocycles. The van der Waals surface area contributed by atoms with Crippen LogP contribution in [-0.2, 0) is 0 Å². The second-order valence-electron chi connectivity index (χ2n) is 11.9. The van der Waals surface area contributed by atoms with Crippen molar-refractivity contribution in [3.05, 3.63) is 176 Å². The summed E-state index contributed by atoms with van der Waals surface area (Å²) in [6.07, 6.45) is 1.82. The topological polar surface area (TPSA) is 56.0 Å². The molecule has 0 amide bonds. The molecule has 0 saturated heterocycles. The van der Waals surface area contributed by atoms with Gasteiger partial charge in [-0.1, -0.05) is 140 Å². The van der Waals surface area contributed by atoms with Crippen LogP contribution in [0.3, 0.4) is 0 Å². The molecule has 9 aromatic rings. The zero-order chi connectivity index (χ0) is 32.6. The Bertz CT molecular complexity index is 2560. The van der Waals surface area contributed by atoms with E-state index in [9.17, 15) is 0 Å². The highest BCUT2D eigenvalue weighted by molar-refractivity contribution is 5.91. The van der Waals surface area contributed by atoms with Crippen molar-refractivity contribution in [2.24, 2.45) is 0 Å². The Balaban J connectivity index is 1.27. The molecule has 0 aliphatic rings. The summed E-state index contributed by atoms with van der Waals surface area (Å²) >= 11 is 0. The van der Waals surface area contributed by atoms with Gasteiger partial charge in [-0.05, 0) is 35.7 Å². The van der Waals surface area contributed by atoms with E-state index >= 15 is 0 Å². The highest BCUT2D eigenvalue weighted by atomic mass is 15.0. The Kier molecular flexibility index (Phi) is 7.06. The Hall–Kier alpha value is -6.72. The molecule has 4 aromatic heterocycles. The van der Waals surface area contributed by atoms with Gasteiger partial charge in [0.25, 0.3) is 0 Å². The first-order valence-corrected chi connectivity index (χ1v) is 16.3. The van der Waals surface area contributed by atoms with Gasteiger partial charge in [0.05, 0.1) is 39.7 Å². The quantitative estimate of drug-likeness (QED) is 0.184. The lowest BCUT2D eigenvalue weighted by Gasteiger charge is -2.16. The lowest BCUT2D eigenvalue weighted by atomic mass is 9.98. The van der Waals surface area contributed by atoms with Gasteiger partial charge < -0.3 is 0 Å². The molecule has 0 unspecified atom stereocenters. The average molecular weight is 628 g/mol. The van der Waals surface area contributed by atoms with Crippen molar-refractivity contribution in [2.75, 3.05) is 0 Å². The molecular weight excluding hydrogens is 599 g/mol. The standard InChI is InChI=1S/C44H29N5/c1-4-15-31(16-5-1)39-40(32-17-6-2-7-18-32)48-42(41(47-39)33-19-8-3-9-20-33)34-23-25-35(26-24-34)44-43(36-21-12-13-29-45-36)46-38-28-27-30-14-10-11-22-37(30)49(38)44/h1-29H. The van der Waals surface area contributed by atoms with Crippen molar-refractivity contribution >= 4 is 16.6 Å². The van der Waals surface area contributed by atoms with Gasteiger partial charge in [0.1, 0.15) is 11.3 Å². The minimum Gasteiger partial charge on any atom is -0.292 e. The molecule has 230 valence electrons. The van der Waals surface area contributed by atoms with Crippen LogP contribution in [0.2, 0.25) is 0 Å². The fourth-order valence-electron chi connectivity index (χ4n) is 6.55. The number of benzene rings is 5. The Morgan fingerprint density at radius 2 is 0.837 bits per heavy atom. The highest BCUT2D eigenvalue weighted by Crippen LogP contribution is 2.39. The monoisotopic (exact) mass is 627 g/mol. The van der Waals surface area contributed by atoms with Crippen molar-refractivity contribution in [3.63, 3.8) is 0 Å². The van der Waals surface area contributed by atoms with Gasteiger partial charge in [-0.3, -0.25) is 9.38 Å². The fraction of sp³-hybridized carbons (Fsp3) is 0. The third-order valence-corrected chi connectivity index (χ3v) is 8.87. The smallest absolute Gasteiger partial charge is 0.138 e. The van der Waals surface area contributed by atoms with Crippen LogP contribution in [0.15, 0.2) is 176 Å². The largest absolute Gasteiger partial charge is 0.292 e. The molecule has 5 heteroatoms. The predicted molar refractivity (Wildman–Crippen MR) is 199 cm³/mol. The summed E-state index contributed by atoms with van der Waals surface area (Å²) in [5.41, 5.74) is 13.0. The maximum atomic E-state index is 5.42. The number of hydrogen-bond acceptors (Lipinski definition) is 4. The van der Waals surface area contributed by atoms with Crippen molar-refractivity contribution < 1.29 is 0 Å². The molecule has 0 bridgehead atoms. The predicted octanol–water partition coefficient (Wildman–Crippen LogP) is 10.7. The minimum absolute atomic E-state index is 0.824. The number of fused-ring (bicyclic) bond motifs is 3. The molecule has 0 fully saturated rings. The third-order valence-electron chi connectivity index (χ3n) is 8.87. The van der Waals surface area contributed by atoms with Crippen LogP contribution in [0, 0.1) is 0 Å². The minimum atomic E-state index is 0.824. The number of para-hydroxylation sites is 1. The van der Waals surface area contributed by atoms with E-state index in [-0.39, 0.29) is 0 Å². The van der Waals surface area contributed by atoms with Gasteiger partial charge in [0.15, 0.2) is 0 Å². The molecule has 0 aliphatic heterocycles. The summed E-state index contributed by atoms with van der Waals surface area (Å²) < 4.78 is 2.24. The van der Waals surface area contributed by atoms with E-state index < -0.39 is 0 Å².